The molecule has 3 heteroatoms. The summed E-state index contributed by atoms with van der Waals surface area (Å²) in [4.78, 5) is 6.80. The number of aromatic nitrogens is 1. The van der Waals surface area contributed by atoms with E-state index in [1.54, 1.807) is 0 Å². The van der Waals surface area contributed by atoms with Crippen LogP contribution in [0.15, 0.2) is 18.3 Å². The topological polar surface area (TPSA) is 28.2 Å². The van der Waals surface area contributed by atoms with Crippen LogP contribution in [0.1, 0.15) is 31.5 Å². The second-order valence-electron chi connectivity index (χ2n) is 4.29. The van der Waals surface area contributed by atoms with E-state index in [1.807, 2.05) is 13.2 Å². The highest BCUT2D eigenvalue weighted by Gasteiger charge is 2.26. The first-order valence-corrected chi connectivity index (χ1v) is 5.58. The Morgan fingerprint density at radius 2 is 2.20 bits per heavy atom. The van der Waals surface area contributed by atoms with Crippen LogP contribution in [0.5, 0.6) is 0 Å². The number of hydrogen-bond donors (Lipinski definition) is 1. The fourth-order valence-electron chi connectivity index (χ4n) is 1.68. The second kappa shape index (κ2) is 4.19. The summed E-state index contributed by atoms with van der Waals surface area (Å²) in [6, 6.07) is 5.34. The lowest BCUT2D eigenvalue weighted by molar-refractivity contribution is 0.632. The van der Waals surface area contributed by atoms with Gasteiger partial charge < -0.3 is 10.2 Å². The molecule has 1 fully saturated rings. The minimum Gasteiger partial charge on any atom is -0.370 e. The van der Waals surface area contributed by atoms with E-state index in [4.69, 9.17) is 0 Å². The number of nitrogens with zero attached hydrogens (tertiary/aromatic N) is 2. The molecule has 0 bridgehead atoms. The quantitative estimate of drug-likeness (QED) is 0.814. The molecule has 0 saturated heterocycles. The predicted octanol–water partition coefficient (Wildman–Crippen LogP) is 1.96. The van der Waals surface area contributed by atoms with E-state index in [-0.39, 0.29) is 0 Å². The van der Waals surface area contributed by atoms with Gasteiger partial charge in [0.15, 0.2) is 0 Å². The molecule has 0 radical (unpaired) electrons. The van der Waals surface area contributed by atoms with Crippen molar-refractivity contribution < 1.29 is 0 Å². The molecule has 1 aliphatic rings. The van der Waals surface area contributed by atoms with Crippen molar-refractivity contribution in [3.8, 4) is 0 Å². The van der Waals surface area contributed by atoms with Crippen LogP contribution in [-0.2, 0) is 0 Å². The van der Waals surface area contributed by atoms with E-state index in [0.717, 1.165) is 11.7 Å². The van der Waals surface area contributed by atoms with Crippen molar-refractivity contribution in [1.82, 2.24) is 10.3 Å². The Morgan fingerprint density at radius 3 is 2.67 bits per heavy atom. The third-order valence-corrected chi connectivity index (χ3v) is 3.15. The van der Waals surface area contributed by atoms with Gasteiger partial charge in [-0.2, -0.15) is 0 Å². The summed E-state index contributed by atoms with van der Waals surface area (Å²) in [5.41, 5.74) is 2.33. The molecule has 2 rings (SSSR count). The summed E-state index contributed by atoms with van der Waals surface area (Å²) in [6.45, 7) is 2.12. The van der Waals surface area contributed by atoms with Gasteiger partial charge in [-0.05, 0) is 38.9 Å². The van der Waals surface area contributed by atoms with Crippen LogP contribution in [0.25, 0.3) is 0 Å². The van der Waals surface area contributed by atoms with Crippen LogP contribution < -0.4 is 10.2 Å². The first-order chi connectivity index (χ1) is 7.22. The highest BCUT2D eigenvalue weighted by Crippen LogP contribution is 2.29. The Bertz CT molecular complexity index is 316. The highest BCUT2D eigenvalue weighted by molar-refractivity contribution is 5.46. The van der Waals surface area contributed by atoms with Crippen molar-refractivity contribution in [3.05, 3.63) is 24.0 Å². The molecule has 3 nitrogen and oxygen atoms in total. The van der Waals surface area contributed by atoms with Gasteiger partial charge in [0.2, 0.25) is 0 Å². The molecular weight excluding hydrogens is 186 g/mol. The zero-order valence-corrected chi connectivity index (χ0v) is 9.70. The van der Waals surface area contributed by atoms with Gasteiger partial charge in [0, 0.05) is 19.1 Å². The molecule has 0 spiro atoms. The Hall–Kier alpha value is -1.09. The van der Waals surface area contributed by atoms with Gasteiger partial charge in [0.25, 0.3) is 0 Å². The number of rotatable bonds is 4. The molecule has 1 unspecified atom stereocenters. The van der Waals surface area contributed by atoms with E-state index in [9.17, 15) is 0 Å². The van der Waals surface area contributed by atoms with Crippen molar-refractivity contribution in [2.45, 2.75) is 31.8 Å². The number of hydrogen-bond acceptors (Lipinski definition) is 3. The molecule has 1 atom stereocenters. The van der Waals surface area contributed by atoms with Gasteiger partial charge in [-0.15, -0.1) is 0 Å². The van der Waals surface area contributed by atoms with E-state index in [2.05, 4.69) is 41.3 Å². The van der Waals surface area contributed by atoms with Gasteiger partial charge in [-0.1, -0.05) is 0 Å². The minimum atomic E-state index is 0.324. The third kappa shape index (κ3) is 2.29. The van der Waals surface area contributed by atoms with Crippen LogP contribution in [0.3, 0.4) is 0 Å². The van der Waals surface area contributed by atoms with Crippen LogP contribution in [0.2, 0.25) is 0 Å². The van der Waals surface area contributed by atoms with Crippen molar-refractivity contribution in [2.24, 2.45) is 0 Å². The fraction of sp³-hybridized carbons (Fsp3) is 0.583. The van der Waals surface area contributed by atoms with Crippen molar-refractivity contribution in [3.63, 3.8) is 0 Å². The molecule has 1 aliphatic carbocycles. The monoisotopic (exact) mass is 205 g/mol. The smallest absolute Gasteiger partial charge is 0.0571 e. The van der Waals surface area contributed by atoms with E-state index in [1.165, 1.54) is 18.5 Å². The molecule has 0 amide bonds. The maximum absolute atomic E-state index is 4.48. The van der Waals surface area contributed by atoms with Gasteiger partial charge in [0.1, 0.15) is 0 Å². The zero-order valence-electron chi connectivity index (χ0n) is 9.70. The van der Waals surface area contributed by atoms with Gasteiger partial charge in [-0.25, -0.2) is 0 Å². The van der Waals surface area contributed by atoms with E-state index < -0.39 is 0 Å². The minimum absolute atomic E-state index is 0.324. The van der Waals surface area contributed by atoms with Crippen molar-refractivity contribution in [2.75, 3.05) is 19.0 Å². The maximum Gasteiger partial charge on any atom is 0.0571 e. The third-order valence-electron chi connectivity index (χ3n) is 3.15. The molecule has 1 aromatic heterocycles. The molecule has 1 heterocycles. The Kier molecular flexibility index (Phi) is 2.91. The first kappa shape index (κ1) is 10.4. The van der Waals surface area contributed by atoms with E-state index in [0.29, 0.717) is 6.04 Å². The number of pyridine rings is 1. The lowest BCUT2D eigenvalue weighted by Crippen LogP contribution is -2.20. The lowest BCUT2D eigenvalue weighted by atomic mass is 10.2. The fourth-order valence-corrected chi connectivity index (χ4v) is 1.68. The number of nitrogens with one attached hydrogen (secondary N) is 1. The average molecular weight is 205 g/mol. The lowest BCUT2D eigenvalue weighted by Gasteiger charge is -2.19. The molecule has 1 N–H and O–H groups in total. The Balaban J connectivity index is 2.09. The SMILES string of the molecule is CNC(C)c1ccc(N(C)C2CC2)cn1. The van der Waals surface area contributed by atoms with Crippen LogP contribution in [0.4, 0.5) is 5.69 Å². The normalized spacial score (nSPS) is 17.5. The van der Waals surface area contributed by atoms with E-state index >= 15 is 0 Å². The molecule has 1 aromatic rings. The average Bonchev–Trinajstić information content (AvgIpc) is 3.11. The standard InChI is InChI=1S/C12H19N3/c1-9(13-2)12-7-6-11(8-14-12)15(3)10-4-5-10/h6-10,13H,4-5H2,1-3H3. The predicted molar refractivity (Wildman–Crippen MR) is 63.1 cm³/mol. The summed E-state index contributed by atoms with van der Waals surface area (Å²) in [6.07, 6.45) is 4.62. The molecule has 0 aliphatic heterocycles. The number of anilines is 1. The van der Waals surface area contributed by atoms with Gasteiger partial charge in [-0.3, -0.25) is 4.98 Å². The van der Waals surface area contributed by atoms with Crippen LogP contribution in [0, 0.1) is 0 Å². The Morgan fingerprint density at radius 1 is 1.47 bits per heavy atom. The summed E-state index contributed by atoms with van der Waals surface area (Å²) < 4.78 is 0. The summed E-state index contributed by atoms with van der Waals surface area (Å²) in [7, 11) is 4.10. The molecule has 0 aromatic carbocycles. The van der Waals surface area contributed by atoms with Crippen molar-refractivity contribution in [1.29, 1.82) is 0 Å². The largest absolute Gasteiger partial charge is 0.370 e. The van der Waals surface area contributed by atoms with Crippen LogP contribution >= 0.6 is 0 Å². The molecule has 15 heavy (non-hydrogen) atoms. The maximum atomic E-state index is 4.48. The van der Waals surface area contributed by atoms with Gasteiger partial charge in [0.05, 0.1) is 17.6 Å². The molecule has 82 valence electrons. The highest BCUT2D eigenvalue weighted by atomic mass is 15.2. The van der Waals surface area contributed by atoms with Crippen LogP contribution in [-0.4, -0.2) is 25.1 Å². The first-order valence-electron chi connectivity index (χ1n) is 5.58. The molecule has 1 saturated carbocycles. The molecular formula is C12H19N3. The Labute approximate surface area is 91.5 Å². The second-order valence-corrected chi connectivity index (χ2v) is 4.29. The zero-order chi connectivity index (χ0) is 10.8. The summed E-state index contributed by atoms with van der Waals surface area (Å²) in [5.74, 6) is 0. The van der Waals surface area contributed by atoms with Crippen molar-refractivity contribution >= 4 is 5.69 Å². The summed E-state index contributed by atoms with van der Waals surface area (Å²) in [5, 5.41) is 3.19. The summed E-state index contributed by atoms with van der Waals surface area (Å²) >= 11 is 0. The van der Waals surface area contributed by atoms with Gasteiger partial charge >= 0.3 is 0 Å².